The fourth-order valence-corrected chi connectivity index (χ4v) is 11.9. The van der Waals surface area contributed by atoms with Crippen molar-refractivity contribution >= 4 is 92.5 Å². The molecule has 13 aromatic carbocycles. The lowest BCUT2D eigenvalue weighted by Gasteiger charge is -2.34. The second-order valence-corrected chi connectivity index (χ2v) is 17.5. The topological polar surface area (TPSA) is 3.24 Å². The molecule has 1 heteroatoms. The fraction of sp³-hybridized carbons (Fsp3) is 0.0159. The van der Waals surface area contributed by atoms with Crippen LogP contribution in [-0.4, -0.2) is 0 Å². The van der Waals surface area contributed by atoms with Crippen LogP contribution in [0, 0.1) is 0 Å². The molecule has 0 saturated carbocycles. The van der Waals surface area contributed by atoms with Crippen molar-refractivity contribution in [2.24, 2.45) is 0 Å². The molecule has 64 heavy (non-hydrogen) atoms. The minimum atomic E-state index is -0.530. The molecule has 0 fully saturated rings. The SMILES string of the molecule is c1ccc(C2(c3ccccc3)c3ccccc3-c3c(N(c4cc5ccc6cccc7c8cccc9ccc%10cccc(c(c4)c5c67)c%10c98)c4cccc5ccccc45)cccc32)cc1. The molecule has 0 heterocycles. The van der Waals surface area contributed by atoms with Gasteiger partial charge >= 0.3 is 0 Å². The quantitative estimate of drug-likeness (QED) is 0.157. The van der Waals surface area contributed by atoms with Gasteiger partial charge in [-0.15, -0.1) is 0 Å². The molecule has 0 unspecified atom stereocenters. The molecule has 296 valence electrons. The van der Waals surface area contributed by atoms with Crippen LogP contribution >= 0.6 is 0 Å². The molecule has 1 aliphatic carbocycles. The van der Waals surface area contributed by atoms with Gasteiger partial charge in [-0.25, -0.2) is 0 Å². The van der Waals surface area contributed by atoms with Crippen molar-refractivity contribution in [2.45, 2.75) is 5.41 Å². The van der Waals surface area contributed by atoms with Crippen molar-refractivity contribution in [3.05, 3.63) is 259 Å². The number of benzene rings is 12. The zero-order valence-corrected chi connectivity index (χ0v) is 35.0. The van der Waals surface area contributed by atoms with Gasteiger partial charge in [0.2, 0.25) is 0 Å². The van der Waals surface area contributed by atoms with Crippen LogP contribution in [0.15, 0.2) is 237 Å². The van der Waals surface area contributed by atoms with Crippen LogP contribution in [0.25, 0.3) is 86.5 Å². The number of nitrogens with zero attached hydrogens (tertiary/aromatic N) is 1. The maximum absolute atomic E-state index is 2.57. The molecule has 0 N–H and O–H groups in total. The van der Waals surface area contributed by atoms with Crippen molar-refractivity contribution in [1.82, 2.24) is 0 Å². The summed E-state index contributed by atoms with van der Waals surface area (Å²) in [5.74, 6) is 0. The maximum atomic E-state index is 2.57. The van der Waals surface area contributed by atoms with E-state index in [1.54, 1.807) is 0 Å². The number of fused-ring (bicyclic) bond motifs is 6. The van der Waals surface area contributed by atoms with Crippen LogP contribution in [-0.2, 0) is 5.41 Å². The van der Waals surface area contributed by atoms with Gasteiger partial charge in [0.05, 0.1) is 16.8 Å². The summed E-state index contributed by atoms with van der Waals surface area (Å²) in [6.45, 7) is 0. The Bertz CT molecular complexity index is 3960. The maximum Gasteiger partial charge on any atom is 0.0714 e. The second-order valence-electron chi connectivity index (χ2n) is 17.5. The van der Waals surface area contributed by atoms with Crippen molar-refractivity contribution in [3.63, 3.8) is 0 Å². The summed E-state index contributed by atoms with van der Waals surface area (Å²) in [6.07, 6.45) is 0. The Labute approximate surface area is 371 Å². The third kappa shape index (κ3) is 4.73. The number of rotatable bonds is 5. The van der Waals surface area contributed by atoms with Crippen molar-refractivity contribution < 1.29 is 0 Å². The van der Waals surface area contributed by atoms with Gasteiger partial charge in [0, 0.05) is 16.6 Å². The van der Waals surface area contributed by atoms with E-state index in [9.17, 15) is 0 Å². The lowest BCUT2D eigenvalue weighted by atomic mass is 9.68. The van der Waals surface area contributed by atoms with Crippen LogP contribution in [0.5, 0.6) is 0 Å². The van der Waals surface area contributed by atoms with Crippen LogP contribution in [0.4, 0.5) is 17.1 Å². The van der Waals surface area contributed by atoms with Gasteiger partial charge in [0.25, 0.3) is 0 Å². The van der Waals surface area contributed by atoms with Gasteiger partial charge in [-0.1, -0.05) is 212 Å². The van der Waals surface area contributed by atoms with Gasteiger partial charge in [0.15, 0.2) is 0 Å². The van der Waals surface area contributed by atoms with Gasteiger partial charge in [-0.3, -0.25) is 0 Å². The van der Waals surface area contributed by atoms with E-state index in [1.807, 2.05) is 0 Å². The average molecular weight is 810 g/mol. The third-order valence-corrected chi connectivity index (χ3v) is 14.4. The molecule has 1 nitrogen and oxygen atoms in total. The highest BCUT2D eigenvalue weighted by molar-refractivity contribution is 6.37. The number of hydrogen-bond acceptors (Lipinski definition) is 1. The average Bonchev–Trinajstić information content (AvgIpc) is 3.67. The zero-order valence-electron chi connectivity index (χ0n) is 35.0. The summed E-state index contributed by atoms with van der Waals surface area (Å²) in [6, 6.07) is 88.8. The standard InChI is InChI=1S/C63H39N/c1-3-21-45(22-4-1)63(46-23-5-2-6-24-46)54-30-10-9-26-52(54)62-55(63)31-15-33-57(62)64(56-32-14-17-40-16-7-8-25-48(40)56)47-38-44-37-36-43-19-12-28-50-49-27-11-18-41-34-35-42-20-13-29-51(60(42)58(41)49)53(39-47)61(44)59(43)50/h1-39H. The molecule has 14 rings (SSSR count). The Hall–Kier alpha value is -8.26. The summed E-state index contributed by atoms with van der Waals surface area (Å²) in [4.78, 5) is 2.57. The van der Waals surface area contributed by atoms with Crippen LogP contribution < -0.4 is 4.90 Å². The molecule has 0 aliphatic heterocycles. The van der Waals surface area contributed by atoms with E-state index in [0.717, 1.165) is 17.1 Å². The molecule has 0 amide bonds. The second kappa shape index (κ2) is 13.4. The van der Waals surface area contributed by atoms with E-state index < -0.39 is 5.41 Å². The third-order valence-electron chi connectivity index (χ3n) is 14.4. The van der Waals surface area contributed by atoms with Crippen LogP contribution in [0.3, 0.4) is 0 Å². The molecule has 0 saturated heterocycles. The van der Waals surface area contributed by atoms with Gasteiger partial charge in [-0.05, 0) is 122 Å². The number of hydrogen-bond donors (Lipinski definition) is 0. The Morgan fingerprint density at radius 2 is 0.734 bits per heavy atom. The Kier molecular flexibility index (Phi) is 7.38. The van der Waals surface area contributed by atoms with E-state index in [1.165, 1.54) is 109 Å². The van der Waals surface area contributed by atoms with Crippen molar-refractivity contribution in [2.75, 3.05) is 4.90 Å². The Balaban J connectivity index is 1.17. The van der Waals surface area contributed by atoms with Crippen molar-refractivity contribution in [1.29, 1.82) is 0 Å². The zero-order chi connectivity index (χ0) is 41.9. The molecule has 13 aromatic rings. The smallest absolute Gasteiger partial charge is 0.0714 e. The van der Waals surface area contributed by atoms with Gasteiger partial charge in [-0.2, -0.15) is 0 Å². The monoisotopic (exact) mass is 809 g/mol. The fourth-order valence-electron chi connectivity index (χ4n) is 11.9. The molecular weight excluding hydrogens is 771 g/mol. The lowest BCUT2D eigenvalue weighted by molar-refractivity contribution is 0.768. The van der Waals surface area contributed by atoms with Crippen molar-refractivity contribution in [3.8, 4) is 11.1 Å². The van der Waals surface area contributed by atoms with Gasteiger partial charge < -0.3 is 4.90 Å². The first kappa shape index (κ1) is 35.3. The highest BCUT2D eigenvalue weighted by Crippen LogP contribution is 2.60. The normalized spacial score (nSPS) is 13.1. The van der Waals surface area contributed by atoms with E-state index in [0.29, 0.717) is 0 Å². The Morgan fingerprint density at radius 1 is 0.281 bits per heavy atom. The minimum absolute atomic E-state index is 0.530. The predicted molar refractivity (Wildman–Crippen MR) is 272 cm³/mol. The molecule has 0 radical (unpaired) electrons. The van der Waals surface area contributed by atoms with E-state index in [-0.39, 0.29) is 0 Å². The minimum Gasteiger partial charge on any atom is -0.309 e. The Morgan fingerprint density at radius 3 is 1.41 bits per heavy atom. The summed E-state index contributed by atoms with van der Waals surface area (Å²) in [5, 5.41) is 17.7. The van der Waals surface area contributed by atoms with Crippen LogP contribution in [0.2, 0.25) is 0 Å². The summed E-state index contributed by atoms with van der Waals surface area (Å²) < 4.78 is 0. The van der Waals surface area contributed by atoms with E-state index in [4.69, 9.17) is 0 Å². The largest absolute Gasteiger partial charge is 0.309 e. The van der Waals surface area contributed by atoms with E-state index >= 15 is 0 Å². The van der Waals surface area contributed by atoms with Crippen LogP contribution in [0.1, 0.15) is 22.3 Å². The van der Waals surface area contributed by atoms with E-state index in [2.05, 4.69) is 241 Å². The highest BCUT2D eigenvalue weighted by atomic mass is 15.1. The molecule has 1 aliphatic rings. The predicted octanol–water partition coefficient (Wildman–Crippen LogP) is 17.0. The van der Waals surface area contributed by atoms with Gasteiger partial charge in [0.1, 0.15) is 0 Å². The number of anilines is 3. The summed E-state index contributed by atoms with van der Waals surface area (Å²) in [7, 11) is 0. The first-order valence-corrected chi connectivity index (χ1v) is 22.3. The first-order valence-electron chi connectivity index (χ1n) is 22.3. The molecule has 0 aromatic heterocycles. The highest BCUT2D eigenvalue weighted by Gasteiger charge is 2.47. The first-order chi connectivity index (χ1) is 31.8. The molecule has 0 spiro atoms. The molecule has 0 atom stereocenters. The lowest BCUT2D eigenvalue weighted by Crippen LogP contribution is -2.28. The summed E-state index contributed by atoms with van der Waals surface area (Å²) >= 11 is 0. The molecular formula is C63H39N. The molecule has 0 bridgehead atoms. The summed E-state index contributed by atoms with van der Waals surface area (Å²) in [5.41, 5.74) is 10.5.